The molecule has 0 aliphatic carbocycles. The smallest absolute Gasteiger partial charge is 0.340 e. The number of rotatable bonds is 8. The van der Waals surface area contributed by atoms with Crippen molar-refractivity contribution in [2.75, 3.05) is 18.5 Å². The van der Waals surface area contributed by atoms with Gasteiger partial charge in [-0.2, -0.15) is 5.26 Å². The first-order valence-electron chi connectivity index (χ1n) is 9.11. The van der Waals surface area contributed by atoms with Crippen LogP contribution in [0.4, 0.5) is 5.69 Å². The van der Waals surface area contributed by atoms with Gasteiger partial charge in [-0.15, -0.1) is 0 Å². The first-order valence-corrected chi connectivity index (χ1v) is 9.11. The van der Waals surface area contributed by atoms with Crippen molar-refractivity contribution in [2.24, 2.45) is 0 Å². The van der Waals surface area contributed by atoms with Gasteiger partial charge in [0, 0.05) is 11.4 Å². The lowest BCUT2D eigenvalue weighted by Crippen LogP contribution is -2.16. The Morgan fingerprint density at radius 2 is 1.73 bits per heavy atom. The number of anilines is 1. The number of benzene rings is 1. The van der Waals surface area contributed by atoms with E-state index >= 15 is 0 Å². The van der Waals surface area contributed by atoms with Crippen LogP contribution >= 0.6 is 0 Å². The van der Waals surface area contributed by atoms with Gasteiger partial charge in [-0.05, 0) is 50.6 Å². The second kappa shape index (κ2) is 10.0. The maximum Gasteiger partial charge on any atom is 0.340 e. The number of esters is 2. The van der Waals surface area contributed by atoms with Crippen LogP contribution in [-0.4, -0.2) is 41.8 Å². The average molecular weight is 411 g/mol. The van der Waals surface area contributed by atoms with Gasteiger partial charge in [0.2, 0.25) is 11.7 Å². The number of ketones is 1. The molecule has 0 radical (unpaired) electrons. The van der Waals surface area contributed by atoms with Gasteiger partial charge >= 0.3 is 11.9 Å². The highest BCUT2D eigenvalue weighted by molar-refractivity contribution is 6.03. The van der Waals surface area contributed by atoms with Crippen LogP contribution in [0.25, 0.3) is 0 Å². The number of amides is 1. The number of nitrogens with zero attached hydrogens (tertiary/aromatic N) is 1. The van der Waals surface area contributed by atoms with E-state index in [1.54, 1.807) is 26.8 Å². The van der Waals surface area contributed by atoms with Crippen LogP contribution < -0.4 is 5.32 Å². The van der Waals surface area contributed by atoms with E-state index in [1.165, 1.54) is 24.3 Å². The Morgan fingerprint density at radius 1 is 1.07 bits per heavy atom. The molecule has 0 atom stereocenters. The molecule has 156 valence electrons. The Balaban J connectivity index is 2.00. The predicted molar refractivity (Wildman–Crippen MR) is 106 cm³/mol. The summed E-state index contributed by atoms with van der Waals surface area (Å²) in [5.74, 6) is -2.19. The van der Waals surface area contributed by atoms with Crippen molar-refractivity contribution in [3.8, 4) is 6.07 Å². The van der Waals surface area contributed by atoms with E-state index in [9.17, 15) is 19.2 Å². The van der Waals surface area contributed by atoms with E-state index in [4.69, 9.17) is 14.7 Å². The summed E-state index contributed by atoms with van der Waals surface area (Å²) in [6, 6.07) is 7.56. The lowest BCUT2D eigenvalue weighted by atomic mass is 10.1. The maximum atomic E-state index is 12.4. The quantitative estimate of drug-likeness (QED) is 0.503. The van der Waals surface area contributed by atoms with Crippen molar-refractivity contribution in [1.82, 2.24) is 4.98 Å². The van der Waals surface area contributed by atoms with Crippen LogP contribution in [0.15, 0.2) is 24.3 Å². The van der Waals surface area contributed by atoms with Gasteiger partial charge in [-0.3, -0.25) is 9.59 Å². The molecule has 0 fully saturated rings. The van der Waals surface area contributed by atoms with Crippen molar-refractivity contribution in [3.05, 3.63) is 52.3 Å². The molecule has 0 saturated heterocycles. The SMILES string of the molecule is CCOC(=O)c1c(C)[nH]c(C(=O)COC(=O)c2ccc(NC(=O)CC#N)cc2)c1C. The molecule has 1 heterocycles. The van der Waals surface area contributed by atoms with Gasteiger partial charge in [0.15, 0.2) is 6.61 Å². The van der Waals surface area contributed by atoms with Crippen LogP contribution in [0.3, 0.4) is 0 Å². The fourth-order valence-electron chi connectivity index (χ4n) is 2.79. The number of hydrogen-bond acceptors (Lipinski definition) is 7. The van der Waals surface area contributed by atoms with Crippen molar-refractivity contribution in [1.29, 1.82) is 5.26 Å². The molecule has 0 unspecified atom stereocenters. The van der Waals surface area contributed by atoms with Crippen molar-refractivity contribution in [3.63, 3.8) is 0 Å². The van der Waals surface area contributed by atoms with Gasteiger partial charge < -0.3 is 19.8 Å². The lowest BCUT2D eigenvalue weighted by molar-refractivity contribution is -0.115. The second-order valence-corrected chi connectivity index (χ2v) is 6.31. The molecule has 9 heteroatoms. The van der Waals surface area contributed by atoms with Crippen molar-refractivity contribution >= 4 is 29.3 Å². The first-order chi connectivity index (χ1) is 14.3. The van der Waals surface area contributed by atoms with E-state index in [0.717, 1.165) is 0 Å². The Hall–Kier alpha value is -3.93. The fraction of sp³-hybridized carbons (Fsp3) is 0.286. The molecule has 0 aliphatic heterocycles. The van der Waals surface area contributed by atoms with Crippen LogP contribution in [0, 0.1) is 25.2 Å². The zero-order chi connectivity index (χ0) is 22.3. The highest BCUT2D eigenvalue weighted by atomic mass is 16.5. The summed E-state index contributed by atoms with van der Waals surface area (Å²) in [7, 11) is 0. The molecule has 2 N–H and O–H groups in total. The number of carbonyl (C=O) groups excluding carboxylic acids is 4. The predicted octanol–water partition coefficient (Wildman–Crippen LogP) is 2.70. The summed E-state index contributed by atoms with van der Waals surface area (Å²) in [5, 5.41) is 11.0. The minimum atomic E-state index is -0.718. The monoisotopic (exact) mass is 411 g/mol. The molecule has 9 nitrogen and oxygen atoms in total. The molecule has 0 spiro atoms. The maximum absolute atomic E-state index is 12.4. The van der Waals surface area contributed by atoms with E-state index in [2.05, 4.69) is 10.3 Å². The Labute approximate surface area is 173 Å². The number of aromatic nitrogens is 1. The number of H-pyrrole nitrogens is 1. The minimum Gasteiger partial charge on any atom is -0.462 e. The number of aromatic amines is 1. The third-order valence-corrected chi connectivity index (χ3v) is 4.17. The largest absolute Gasteiger partial charge is 0.462 e. The van der Waals surface area contributed by atoms with Gasteiger partial charge in [-0.1, -0.05) is 0 Å². The zero-order valence-corrected chi connectivity index (χ0v) is 16.8. The number of carbonyl (C=O) groups is 4. The summed E-state index contributed by atoms with van der Waals surface area (Å²) in [5.41, 5.74) is 2.01. The number of aryl methyl sites for hydroxylation is 1. The van der Waals surface area contributed by atoms with E-state index < -0.39 is 30.2 Å². The summed E-state index contributed by atoms with van der Waals surface area (Å²) in [6.45, 7) is 4.66. The van der Waals surface area contributed by atoms with Crippen LogP contribution in [-0.2, 0) is 14.3 Å². The lowest BCUT2D eigenvalue weighted by Gasteiger charge is -2.06. The van der Waals surface area contributed by atoms with Crippen LogP contribution in [0.5, 0.6) is 0 Å². The van der Waals surface area contributed by atoms with Gasteiger partial charge in [-0.25, -0.2) is 9.59 Å². The molecule has 2 rings (SSSR count). The molecule has 0 saturated carbocycles. The molecule has 0 aliphatic rings. The highest BCUT2D eigenvalue weighted by Gasteiger charge is 2.23. The Kier molecular flexibility index (Phi) is 7.47. The van der Waals surface area contributed by atoms with Crippen molar-refractivity contribution in [2.45, 2.75) is 27.2 Å². The van der Waals surface area contributed by atoms with E-state index in [0.29, 0.717) is 22.5 Å². The third-order valence-electron chi connectivity index (χ3n) is 4.17. The number of nitriles is 1. The fourth-order valence-corrected chi connectivity index (χ4v) is 2.79. The number of ether oxygens (including phenoxy) is 2. The normalized spacial score (nSPS) is 10.1. The van der Waals surface area contributed by atoms with E-state index in [-0.39, 0.29) is 24.3 Å². The molecule has 1 amide bonds. The van der Waals surface area contributed by atoms with Crippen LogP contribution in [0.2, 0.25) is 0 Å². The third kappa shape index (κ3) is 5.32. The standard InChI is InChI=1S/C21H21N3O6/c1-4-29-21(28)18-12(2)19(23-13(18)3)16(25)11-30-20(27)14-5-7-15(8-6-14)24-17(26)9-10-22/h5-8,23H,4,9,11H2,1-3H3,(H,24,26). The molecular weight excluding hydrogens is 390 g/mol. The van der Waals surface area contributed by atoms with E-state index in [1.807, 2.05) is 0 Å². The summed E-state index contributed by atoms with van der Waals surface area (Å²) < 4.78 is 10.0. The average Bonchev–Trinajstić information content (AvgIpc) is 3.01. The Bertz CT molecular complexity index is 1010. The minimum absolute atomic E-state index is 0.180. The number of Topliss-reactive ketones (excluding diaryl/α,β-unsaturated/α-hetero) is 1. The summed E-state index contributed by atoms with van der Waals surface area (Å²) in [6.07, 6.45) is -0.276. The van der Waals surface area contributed by atoms with Gasteiger partial charge in [0.25, 0.3) is 0 Å². The Morgan fingerprint density at radius 3 is 2.33 bits per heavy atom. The molecule has 1 aromatic carbocycles. The van der Waals surface area contributed by atoms with Gasteiger partial charge in [0.1, 0.15) is 6.42 Å². The summed E-state index contributed by atoms with van der Waals surface area (Å²) in [4.78, 5) is 50.9. The van der Waals surface area contributed by atoms with Crippen molar-refractivity contribution < 1.29 is 28.7 Å². The second-order valence-electron chi connectivity index (χ2n) is 6.31. The number of hydrogen-bond donors (Lipinski definition) is 2. The topological polar surface area (TPSA) is 138 Å². The summed E-state index contributed by atoms with van der Waals surface area (Å²) >= 11 is 0. The molecule has 30 heavy (non-hydrogen) atoms. The number of nitrogens with one attached hydrogen (secondary N) is 2. The molecular formula is C21H21N3O6. The van der Waals surface area contributed by atoms with Gasteiger partial charge in [0.05, 0.1) is 29.5 Å². The molecule has 1 aromatic heterocycles. The molecule has 2 aromatic rings. The van der Waals surface area contributed by atoms with Crippen LogP contribution in [0.1, 0.15) is 55.8 Å². The highest BCUT2D eigenvalue weighted by Crippen LogP contribution is 2.20. The first kappa shape index (κ1) is 22.4. The zero-order valence-electron chi connectivity index (χ0n) is 16.8. The molecule has 0 bridgehead atoms.